The van der Waals surface area contributed by atoms with Gasteiger partial charge in [-0.3, -0.25) is 0 Å². The van der Waals surface area contributed by atoms with E-state index >= 15 is 0 Å². The average molecular weight is 308 g/mol. The van der Waals surface area contributed by atoms with Gasteiger partial charge in [0.2, 0.25) is 0 Å². The smallest absolute Gasteiger partial charge is 0.169 e. The molecular weight excluding hydrogens is 294 g/mol. The molecule has 0 spiro atoms. The number of para-hydroxylation sites is 2. The highest BCUT2D eigenvalue weighted by Crippen LogP contribution is 2.34. The Morgan fingerprint density at radius 3 is 2.44 bits per heavy atom. The summed E-state index contributed by atoms with van der Waals surface area (Å²) in [6.45, 7) is 2.53. The minimum Gasteiger partial charge on any atom is -0.490 e. The third-order valence-electron chi connectivity index (χ3n) is 2.34. The van der Waals surface area contributed by atoms with Crippen LogP contribution in [-0.2, 0) is 0 Å². The molecule has 0 unspecified atom stereocenters. The fourth-order valence-corrected chi connectivity index (χ4v) is 1.92. The number of benzene rings is 2. The highest BCUT2D eigenvalue weighted by molar-refractivity contribution is 9.10. The molecule has 0 aliphatic carbocycles. The molecule has 0 aliphatic heterocycles. The van der Waals surface area contributed by atoms with E-state index in [9.17, 15) is 0 Å². The van der Waals surface area contributed by atoms with Gasteiger partial charge < -0.3 is 15.2 Å². The Kier molecular flexibility index (Phi) is 4.10. The third-order valence-corrected chi connectivity index (χ3v) is 2.83. The molecule has 2 N–H and O–H groups in total. The molecule has 2 aromatic carbocycles. The Bertz CT molecular complexity index is 543. The number of ether oxygens (including phenoxy) is 2. The maximum Gasteiger partial charge on any atom is 0.169 e. The van der Waals surface area contributed by atoms with E-state index in [1.54, 1.807) is 6.07 Å². The summed E-state index contributed by atoms with van der Waals surface area (Å²) in [5.74, 6) is 1.99. The number of hydrogen-bond acceptors (Lipinski definition) is 3. The van der Waals surface area contributed by atoms with Crippen molar-refractivity contribution < 1.29 is 9.47 Å². The van der Waals surface area contributed by atoms with E-state index in [4.69, 9.17) is 15.2 Å². The van der Waals surface area contributed by atoms with E-state index in [0.29, 0.717) is 29.5 Å². The first-order chi connectivity index (χ1) is 8.70. The quantitative estimate of drug-likeness (QED) is 0.860. The SMILES string of the molecule is CCOc1ccccc1Oc1ccc(Br)cc1N. The van der Waals surface area contributed by atoms with Crippen LogP contribution in [0.5, 0.6) is 17.2 Å². The standard InChI is InChI=1S/C14H14BrNO2/c1-2-17-13-5-3-4-6-14(13)18-12-8-7-10(15)9-11(12)16/h3-9H,2,16H2,1H3. The van der Waals surface area contributed by atoms with E-state index < -0.39 is 0 Å². The average Bonchev–Trinajstić information content (AvgIpc) is 2.35. The number of rotatable bonds is 4. The third kappa shape index (κ3) is 2.96. The van der Waals surface area contributed by atoms with Crippen LogP contribution >= 0.6 is 15.9 Å². The van der Waals surface area contributed by atoms with Crippen LogP contribution in [0, 0.1) is 0 Å². The molecular formula is C14H14BrNO2. The van der Waals surface area contributed by atoms with Crippen molar-refractivity contribution in [1.82, 2.24) is 0 Å². The van der Waals surface area contributed by atoms with E-state index in [-0.39, 0.29) is 0 Å². The van der Waals surface area contributed by atoms with Gasteiger partial charge in [0.05, 0.1) is 12.3 Å². The molecule has 0 aromatic heterocycles. The van der Waals surface area contributed by atoms with E-state index in [1.165, 1.54) is 0 Å². The lowest BCUT2D eigenvalue weighted by molar-refractivity contribution is 0.321. The molecule has 18 heavy (non-hydrogen) atoms. The Morgan fingerprint density at radius 1 is 1.06 bits per heavy atom. The fraction of sp³-hybridized carbons (Fsp3) is 0.143. The predicted octanol–water partition coefficient (Wildman–Crippen LogP) is 4.22. The van der Waals surface area contributed by atoms with Gasteiger partial charge in [0.1, 0.15) is 0 Å². The van der Waals surface area contributed by atoms with Crippen molar-refractivity contribution in [2.75, 3.05) is 12.3 Å². The Balaban J connectivity index is 2.28. The highest BCUT2D eigenvalue weighted by atomic mass is 79.9. The van der Waals surface area contributed by atoms with Gasteiger partial charge in [0, 0.05) is 4.47 Å². The summed E-state index contributed by atoms with van der Waals surface area (Å²) in [7, 11) is 0. The first-order valence-corrected chi connectivity index (χ1v) is 6.44. The molecule has 0 bridgehead atoms. The van der Waals surface area contributed by atoms with Gasteiger partial charge in [-0.2, -0.15) is 0 Å². The fourth-order valence-electron chi connectivity index (χ4n) is 1.54. The van der Waals surface area contributed by atoms with Gasteiger partial charge in [-0.1, -0.05) is 28.1 Å². The molecule has 2 rings (SSSR count). The number of halogens is 1. The van der Waals surface area contributed by atoms with Crippen LogP contribution in [-0.4, -0.2) is 6.61 Å². The minimum atomic E-state index is 0.579. The lowest BCUT2D eigenvalue weighted by Gasteiger charge is -2.12. The van der Waals surface area contributed by atoms with Gasteiger partial charge in [0.15, 0.2) is 17.2 Å². The monoisotopic (exact) mass is 307 g/mol. The zero-order valence-corrected chi connectivity index (χ0v) is 11.6. The number of nitrogens with two attached hydrogens (primary N) is 1. The van der Waals surface area contributed by atoms with Crippen LogP contribution in [0.3, 0.4) is 0 Å². The molecule has 0 atom stereocenters. The summed E-state index contributed by atoms with van der Waals surface area (Å²) in [6, 6.07) is 13.0. The molecule has 0 heterocycles. The molecule has 3 nitrogen and oxygen atoms in total. The van der Waals surface area contributed by atoms with Crippen molar-refractivity contribution in [3.63, 3.8) is 0 Å². The van der Waals surface area contributed by atoms with E-state index in [2.05, 4.69) is 15.9 Å². The summed E-state index contributed by atoms with van der Waals surface area (Å²) < 4.78 is 12.2. The molecule has 94 valence electrons. The topological polar surface area (TPSA) is 44.5 Å². The van der Waals surface area contributed by atoms with E-state index in [0.717, 1.165) is 4.47 Å². The highest BCUT2D eigenvalue weighted by Gasteiger charge is 2.07. The number of nitrogen functional groups attached to an aromatic ring is 1. The normalized spacial score (nSPS) is 10.1. The summed E-state index contributed by atoms with van der Waals surface area (Å²) in [5, 5.41) is 0. The van der Waals surface area contributed by atoms with Crippen LogP contribution in [0.4, 0.5) is 5.69 Å². The van der Waals surface area contributed by atoms with Crippen LogP contribution < -0.4 is 15.2 Å². The molecule has 0 radical (unpaired) electrons. The Labute approximate surface area is 115 Å². The van der Waals surface area contributed by atoms with E-state index in [1.807, 2.05) is 43.3 Å². The Hall–Kier alpha value is -1.68. The van der Waals surface area contributed by atoms with Gasteiger partial charge in [0.25, 0.3) is 0 Å². The number of anilines is 1. The maximum atomic E-state index is 5.90. The van der Waals surface area contributed by atoms with Crippen LogP contribution in [0.1, 0.15) is 6.92 Å². The molecule has 0 amide bonds. The predicted molar refractivity (Wildman–Crippen MR) is 76.2 cm³/mol. The lowest BCUT2D eigenvalue weighted by Crippen LogP contribution is -1.96. The van der Waals surface area contributed by atoms with Crippen molar-refractivity contribution in [2.24, 2.45) is 0 Å². The largest absolute Gasteiger partial charge is 0.490 e. The first kappa shape index (κ1) is 12.8. The van der Waals surface area contributed by atoms with Crippen LogP contribution in [0.25, 0.3) is 0 Å². The van der Waals surface area contributed by atoms with Gasteiger partial charge >= 0.3 is 0 Å². The van der Waals surface area contributed by atoms with Gasteiger partial charge in [-0.15, -0.1) is 0 Å². The molecule has 0 saturated carbocycles. The van der Waals surface area contributed by atoms with Crippen molar-refractivity contribution in [2.45, 2.75) is 6.92 Å². The van der Waals surface area contributed by atoms with Crippen LogP contribution in [0.15, 0.2) is 46.9 Å². The molecule has 0 aliphatic rings. The maximum absolute atomic E-state index is 5.90. The molecule has 2 aromatic rings. The molecule has 4 heteroatoms. The van der Waals surface area contributed by atoms with Crippen LogP contribution in [0.2, 0.25) is 0 Å². The number of hydrogen-bond donors (Lipinski definition) is 1. The molecule has 0 saturated heterocycles. The zero-order valence-electron chi connectivity index (χ0n) is 10.0. The van der Waals surface area contributed by atoms with Crippen molar-refractivity contribution >= 4 is 21.6 Å². The van der Waals surface area contributed by atoms with Crippen molar-refractivity contribution in [3.05, 3.63) is 46.9 Å². The summed E-state index contributed by atoms with van der Waals surface area (Å²) in [4.78, 5) is 0. The lowest BCUT2D eigenvalue weighted by atomic mass is 10.3. The van der Waals surface area contributed by atoms with Gasteiger partial charge in [-0.05, 0) is 37.3 Å². The second-order valence-corrected chi connectivity index (χ2v) is 4.58. The second-order valence-electron chi connectivity index (χ2n) is 3.66. The summed E-state index contributed by atoms with van der Waals surface area (Å²) in [6.07, 6.45) is 0. The summed E-state index contributed by atoms with van der Waals surface area (Å²) >= 11 is 3.36. The minimum absolute atomic E-state index is 0.579. The van der Waals surface area contributed by atoms with Crippen molar-refractivity contribution in [3.8, 4) is 17.2 Å². The Morgan fingerprint density at radius 2 is 1.78 bits per heavy atom. The summed E-state index contributed by atoms with van der Waals surface area (Å²) in [5.41, 5.74) is 6.48. The molecule has 0 fully saturated rings. The van der Waals surface area contributed by atoms with Gasteiger partial charge in [-0.25, -0.2) is 0 Å². The second kappa shape index (κ2) is 5.78. The van der Waals surface area contributed by atoms with Crippen molar-refractivity contribution in [1.29, 1.82) is 0 Å². The first-order valence-electron chi connectivity index (χ1n) is 5.65. The zero-order chi connectivity index (χ0) is 13.0.